The minimum Gasteiger partial charge on any atom is -0.394 e. The van der Waals surface area contributed by atoms with Gasteiger partial charge in [0.15, 0.2) is 12.6 Å². The molecule has 2 aliphatic rings. The quantitative estimate of drug-likeness (QED) is 0.0231. The lowest BCUT2D eigenvalue weighted by Crippen LogP contribution is -2.65. The van der Waals surface area contributed by atoms with Gasteiger partial charge in [-0.1, -0.05) is 172 Å². The van der Waals surface area contributed by atoms with Crippen LogP contribution in [0.25, 0.3) is 0 Å². The Balaban J connectivity index is 1.87. The Kier molecular flexibility index (Phi) is 34.8. The molecule has 9 N–H and O–H groups in total. The van der Waals surface area contributed by atoms with E-state index < -0.39 is 86.8 Å². The van der Waals surface area contributed by atoms with Gasteiger partial charge in [0.1, 0.15) is 48.8 Å². The van der Waals surface area contributed by atoms with Gasteiger partial charge in [0.2, 0.25) is 5.91 Å². The molecule has 0 spiro atoms. The largest absolute Gasteiger partial charge is 0.394 e. The Hall–Kier alpha value is -1.79. The van der Waals surface area contributed by atoms with E-state index in [1.165, 1.54) is 109 Å². The van der Waals surface area contributed by atoms with Crippen molar-refractivity contribution < 1.29 is 64.6 Å². The Morgan fingerprint density at radius 3 is 1.51 bits per heavy atom. The van der Waals surface area contributed by atoms with Crippen molar-refractivity contribution in [2.75, 3.05) is 19.8 Å². The summed E-state index contributed by atoms with van der Waals surface area (Å²) in [7, 11) is 0. The number of unbranched alkanes of at least 4 members (excludes halogenated alkanes) is 22. The number of hydrogen-bond acceptors (Lipinski definition) is 13. The molecule has 0 aromatic carbocycles. The fraction of sp³-hybridized carbons (Fsp3) is 0.863. The molecular weight excluding hydrogens is 835 g/mol. The third-order valence-electron chi connectivity index (χ3n) is 12.6. The van der Waals surface area contributed by atoms with Gasteiger partial charge in [0.05, 0.1) is 32.0 Å². The minimum atomic E-state index is -1.79. The summed E-state index contributed by atoms with van der Waals surface area (Å²) in [6, 6.07) is -0.933. The normalized spacial score (nSPS) is 27.3. The van der Waals surface area contributed by atoms with Crippen molar-refractivity contribution in [2.45, 2.75) is 261 Å². The fourth-order valence-electron chi connectivity index (χ4n) is 8.32. The molecular formula is C51H93NO13. The van der Waals surface area contributed by atoms with Crippen molar-refractivity contribution in [2.24, 2.45) is 0 Å². The molecule has 0 aliphatic carbocycles. The number of aliphatic hydroxyl groups excluding tert-OH is 8. The van der Waals surface area contributed by atoms with Gasteiger partial charge in [-0.25, -0.2) is 0 Å². The van der Waals surface area contributed by atoms with Crippen LogP contribution < -0.4 is 5.32 Å². The summed E-state index contributed by atoms with van der Waals surface area (Å²) < 4.78 is 22.7. The van der Waals surface area contributed by atoms with Gasteiger partial charge >= 0.3 is 0 Å². The Morgan fingerprint density at radius 2 is 0.985 bits per heavy atom. The van der Waals surface area contributed by atoms with Crippen molar-refractivity contribution in [3.8, 4) is 0 Å². The summed E-state index contributed by atoms with van der Waals surface area (Å²) in [6.45, 7) is 2.74. The van der Waals surface area contributed by atoms with Crippen LogP contribution in [-0.2, 0) is 23.7 Å². The van der Waals surface area contributed by atoms with Crippen molar-refractivity contribution in [3.05, 3.63) is 36.5 Å². The number of carbonyl (C=O) groups excluding carboxylic acids is 1. The number of aliphatic hydroxyl groups is 8. The van der Waals surface area contributed by atoms with Crippen molar-refractivity contribution in [3.63, 3.8) is 0 Å². The Labute approximate surface area is 391 Å². The number of amides is 1. The van der Waals surface area contributed by atoms with Crippen molar-refractivity contribution in [1.82, 2.24) is 5.32 Å². The molecule has 0 aromatic heterocycles. The van der Waals surface area contributed by atoms with Gasteiger partial charge in [0, 0.05) is 6.42 Å². The van der Waals surface area contributed by atoms with Crippen LogP contribution in [0, 0.1) is 0 Å². The zero-order valence-corrected chi connectivity index (χ0v) is 40.2. The third-order valence-corrected chi connectivity index (χ3v) is 12.6. The summed E-state index contributed by atoms with van der Waals surface area (Å²) in [5.41, 5.74) is 0. The van der Waals surface area contributed by atoms with Gasteiger partial charge in [-0.05, 0) is 44.9 Å². The number of carbonyl (C=O) groups is 1. The highest BCUT2D eigenvalue weighted by atomic mass is 16.7. The zero-order chi connectivity index (χ0) is 47.5. The SMILES string of the molecule is CCCCCCCCCCC/C=C/CC/C=C/CC/C=C/C(O)C(COC1OC(CO)C(OC2OC(CO)C(O)C(O)C2O)C(O)C1O)NC(=O)CCCCCCCCCCCCCC. The molecule has 14 heteroatoms. The van der Waals surface area contributed by atoms with Crippen LogP contribution >= 0.6 is 0 Å². The third kappa shape index (κ3) is 25.4. The molecule has 65 heavy (non-hydrogen) atoms. The number of allylic oxidation sites excluding steroid dienone is 5. The molecule has 1 amide bonds. The Bertz CT molecular complexity index is 1230. The molecule has 2 saturated heterocycles. The molecule has 2 aliphatic heterocycles. The first-order valence-corrected chi connectivity index (χ1v) is 25.7. The van der Waals surface area contributed by atoms with Crippen LogP contribution in [0.5, 0.6) is 0 Å². The van der Waals surface area contributed by atoms with Crippen molar-refractivity contribution >= 4 is 5.91 Å². The molecule has 0 saturated carbocycles. The first kappa shape index (κ1) is 59.3. The Morgan fingerprint density at radius 1 is 0.538 bits per heavy atom. The van der Waals surface area contributed by atoms with E-state index in [0.717, 1.165) is 44.9 Å². The molecule has 2 heterocycles. The predicted octanol–water partition coefficient (Wildman–Crippen LogP) is 6.71. The highest BCUT2D eigenvalue weighted by molar-refractivity contribution is 5.76. The fourth-order valence-corrected chi connectivity index (χ4v) is 8.32. The monoisotopic (exact) mass is 928 g/mol. The van der Waals surface area contributed by atoms with E-state index in [1.807, 2.05) is 6.08 Å². The molecule has 0 radical (unpaired) electrons. The second-order valence-electron chi connectivity index (χ2n) is 18.3. The molecule has 12 atom stereocenters. The first-order valence-electron chi connectivity index (χ1n) is 25.7. The lowest BCUT2D eigenvalue weighted by Gasteiger charge is -2.46. The highest BCUT2D eigenvalue weighted by Crippen LogP contribution is 2.30. The van der Waals surface area contributed by atoms with E-state index in [9.17, 15) is 45.6 Å². The minimum absolute atomic E-state index is 0.255. The molecule has 14 nitrogen and oxygen atoms in total. The van der Waals surface area contributed by atoms with Crippen LogP contribution in [0.4, 0.5) is 0 Å². The predicted molar refractivity (Wildman–Crippen MR) is 254 cm³/mol. The first-order chi connectivity index (χ1) is 31.6. The van der Waals surface area contributed by atoms with E-state index in [0.29, 0.717) is 12.8 Å². The average Bonchev–Trinajstić information content (AvgIpc) is 3.30. The van der Waals surface area contributed by atoms with E-state index in [4.69, 9.17) is 18.9 Å². The number of hydrogen-bond donors (Lipinski definition) is 9. The maximum atomic E-state index is 13.1. The maximum absolute atomic E-state index is 13.1. The van der Waals surface area contributed by atoms with Gasteiger partial charge in [-0.2, -0.15) is 0 Å². The van der Waals surface area contributed by atoms with Crippen LogP contribution in [-0.4, -0.2) is 140 Å². The lowest BCUT2D eigenvalue weighted by molar-refractivity contribution is -0.359. The van der Waals surface area contributed by atoms with Crippen LogP contribution in [0.1, 0.15) is 187 Å². The second kappa shape index (κ2) is 38.1. The smallest absolute Gasteiger partial charge is 0.220 e. The molecule has 2 fully saturated rings. The van der Waals surface area contributed by atoms with E-state index in [-0.39, 0.29) is 18.9 Å². The second-order valence-corrected chi connectivity index (χ2v) is 18.3. The highest BCUT2D eigenvalue weighted by Gasteiger charge is 2.51. The van der Waals surface area contributed by atoms with E-state index in [2.05, 4.69) is 43.5 Å². The molecule has 12 unspecified atom stereocenters. The van der Waals surface area contributed by atoms with Crippen LogP contribution in [0.15, 0.2) is 36.5 Å². The molecule has 0 bridgehead atoms. The lowest BCUT2D eigenvalue weighted by atomic mass is 9.97. The van der Waals surface area contributed by atoms with E-state index >= 15 is 0 Å². The van der Waals surface area contributed by atoms with Gasteiger partial charge in [-0.3, -0.25) is 4.79 Å². The number of rotatable bonds is 39. The summed E-state index contributed by atoms with van der Waals surface area (Å²) in [5, 5.41) is 86.7. The van der Waals surface area contributed by atoms with Crippen LogP contribution in [0.2, 0.25) is 0 Å². The standard InChI is InChI=1S/C51H93NO13/c1-3-5-7-9-11-13-15-17-18-19-20-21-22-23-24-26-28-30-32-34-40(55)39(52-43(56)35-33-31-29-27-25-16-14-12-10-8-6-4-2)38-62-50-48(61)46(59)49(42(37-54)64-50)65-51-47(60)45(58)44(57)41(36-53)63-51/h20-21,24,26,32,34,39-42,44-51,53-55,57-61H,3-19,22-23,25,27-31,33,35-38H2,1-2H3,(H,52,56)/b21-20+,26-24+,34-32+. The van der Waals surface area contributed by atoms with Crippen LogP contribution in [0.3, 0.4) is 0 Å². The topological polar surface area (TPSA) is 228 Å². The van der Waals surface area contributed by atoms with Crippen molar-refractivity contribution in [1.29, 1.82) is 0 Å². The van der Waals surface area contributed by atoms with Gasteiger partial charge in [-0.15, -0.1) is 0 Å². The summed E-state index contributed by atoms with van der Waals surface area (Å²) in [5.74, 6) is -0.255. The maximum Gasteiger partial charge on any atom is 0.220 e. The molecule has 0 aromatic rings. The summed E-state index contributed by atoms with van der Waals surface area (Å²) in [6.07, 6.45) is 26.2. The molecule has 380 valence electrons. The number of nitrogens with one attached hydrogen (secondary N) is 1. The zero-order valence-electron chi connectivity index (χ0n) is 40.2. The number of ether oxygens (including phenoxy) is 4. The van der Waals surface area contributed by atoms with E-state index in [1.54, 1.807) is 6.08 Å². The summed E-state index contributed by atoms with van der Waals surface area (Å²) >= 11 is 0. The summed E-state index contributed by atoms with van der Waals surface area (Å²) in [4.78, 5) is 13.1. The van der Waals surface area contributed by atoms with Gasteiger partial charge < -0.3 is 65.1 Å². The van der Waals surface area contributed by atoms with Gasteiger partial charge in [0.25, 0.3) is 0 Å². The average molecular weight is 928 g/mol. The molecule has 2 rings (SSSR count).